The SMILES string of the molecule is CCN(CC)C(=O)COc1ccc(NC(=O)CC(C)C)cc1Cl. The van der Waals surface area contributed by atoms with Crippen molar-refractivity contribution < 1.29 is 14.3 Å². The number of nitrogens with zero attached hydrogens (tertiary/aromatic N) is 1. The normalized spacial score (nSPS) is 10.5. The second-order valence-corrected chi connectivity index (χ2v) is 6.05. The number of carbonyl (C=O) groups is 2. The molecule has 0 atom stereocenters. The van der Waals surface area contributed by atoms with Gasteiger partial charge in [-0.25, -0.2) is 0 Å². The van der Waals surface area contributed by atoms with Crippen molar-refractivity contribution in [2.45, 2.75) is 34.1 Å². The van der Waals surface area contributed by atoms with Gasteiger partial charge in [-0.1, -0.05) is 25.4 Å². The van der Waals surface area contributed by atoms with Crippen LogP contribution in [0.5, 0.6) is 5.75 Å². The Hall–Kier alpha value is -1.75. The van der Waals surface area contributed by atoms with Crippen molar-refractivity contribution in [2.75, 3.05) is 25.0 Å². The number of rotatable bonds is 8. The number of amides is 2. The Morgan fingerprint density at radius 2 is 1.91 bits per heavy atom. The molecule has 5 nitrogen and oxygen atoms in total. The molecule has 0 saturated heterocycles. The summed E-state index contributed by atoms with van der Waals surface area (Å²) in [6, 6.07) is 4.99. The Morgan fingerprint density at radius 3 is 2.43 bits per heavy atom. The molecule has 0 spiro atoms. The van der Waals surface area contributed by atoms with Gasteiger partial charge < -0.3 is 15.0 Å². The Balaban J connectivity index is 2.63. The molecular formula is C17H25ClN2O3. The highest BCUT2D eigenvalue weighted by molar-refractivity contribution is 6.32. The zero-order valence-electron chi connectivity index (χ0n) is 14.2. The average Bonchev–Trinajstić information content (AvgIpc) is 2.46. The summed E-state index contributed by atoms with van der Waals surface area (Å²) in [5.74, 6) is 0.579. The van der Waals surface area contributed by atoms with E-state index in [-0.39, 0.29) is 18.4 Å². The van der Waals surface area contributed by atoms with Crippen molar-refractivity contribution in [3.63, 3.8) is 0 Å². The first kappa shape index (κ1) is 19.3. The quantitative estimate of drug-likeness (QED) is 0.787. The number of carbonyl (C=O) groups excluding carboxylic acids is 2. The summed E-state index contributed by atoms with van der Waals surface area (Å²) < 4.78 is 5.47. The van der Waals surface area contributed by atoms with Crippen LogP contribution in [0.25, 0.3) is 0 Å². The lowest BCUT2D eigenvalue weighted by Crippen LogP contribution is -2.34. The molecule has 2 amide bonds. The van der Waals surface area contributed by atoms with Crippen molar-refractivity contribution in [3.8, 4) is 5.75 Å². The highest BCUT2D eigenvalue weighted by atomic mass is 35.5. The zero-order valence-corrected chi connectivity index (χ0v) is 14.9. The third-order valence-electron chi connectivity index (χ3n) is 3.28. The molecular weight excluding hydrogens is 316 g/mol. The molecule has 1 N–H and O–H groups in total. The highest BCUT2D eigenvalue weighted by Crippen LogP contribution is 2.28. The van der Waals surface area contributed by atoms with Gasteiger partial charge in [0.15, 0.2) is 6.61 Å². The lowest BCUT2D eigenvalue weighted by molar-refractivity contribution is -0.133. The van der Waals surface area contributed by atoms with Crippen molar-refractivity contribution >= 4 is 29.1 Å². The van der Waals surface area contributed by atoms with Crippen molar-refractivity contribution in [2.24, 2.45) is 5.92 Å². The van der Waals surface area contributed by atoms with Crippen LogP contribution in [0.2, 0.25) is 5.02 Å². The van der Waals surface area contributed by atoms with Gasteiger partial charge in [0.2, 0.25) is 5.91 Å². The van der Waals surface area contributed by atoms with Crippen LogP contribution in [0.15, 0.2) is 18.2 Å². The van der Waals surface area contributed by atoms with E-state index in [1.54, 1.807) is 23.1 Å². The maximum atomic E-state index is 11.9. The molecule has 0 unspecified atom stereocenters. The molecule has 0 aliphatic heterocycles. The summed E-state index contributed by atoms with van der Waals surface area (Å²) in [5.41, 5.74) is 0.614. The van der Waals surface area contributed by atoms with Gasteiger partial charge in [-0.15, -0.1) is 0 Å². The van der Waals surface area contributed by atoms with E-state index < -0.39 is 0 Å². The predicted molar refractivity (Wildman–Crippen MR) is 93.0 cm³/mol. The van der Waals surface area contributed by atoms with Gasteiger partial charge in [0.05, 0.1) is 5.02 Å². The van der Waals surface area contributed by atoms with Gasteiger partial charge in [0, 0.05) is 25.2 Å². The minimum Gasteiger partial charge on any atom is -0.482 e. The van der Waals surface area contributed by atoms with E-state index in [4.69, 9.17) is 16.3 Å². The maximum absolute atomic E-state index is 11.9. The Bertz CT molecular complexity index is 543. The predicted octanol–water partition coefficient (Wildman–Crippen LogP) is 3.57. The largest absolute Gasteiger partial charge is 0.482 e. The number of hydrogen-bond donors (Lipinski definition) is 1. The molecule has 0 bridgehead atoms. The molecule has 0 aliphatic rings. The van der Waals surface area contributed by atoms with Crippen molar-refractivity contribution in [1.29, 1.82) is 0 Å². The van der Waals surface area contributed by atoms with E-state index in [0.29, 0.717) is 41.9 Å². The summed E-state index contributed by atoms with van der Waals surface area (Å²) in [4.78, 5) is 25.3. The van der Waals surface area contributed by atoms with Gasteiger partial charge in [-0.2, -0.15) is 0 Å². The minimum absolute atomic E-state index is 0.0542. The molecule has 0 aliphatic carbocycles. The first-order chi connectivity index (χ1) is 10.9. The average molecular weight is 341 g/mol. The Morgan fingerprint density at radius 1 is 1.26 bits per heavy atom. The molecule has 0 heterocycles. The summed E-state index contributed by atoms with van der Waals surface area (Å²) in [7, 11) is 0. The third-order valence-corrected chi connectivity index (χ3v) is 3.57. The molecule has 1 aromatic carbocycles. The van der Waals surface area contributed by atoms with E-state index in [0.717, 1.165) is 0 Å². The fourth-order valence-electron chi connectivity index (χ4n) is 2.09. The summed E-state index contributed by atoms with van der Waals surface area (Å²) >= 11 is 6.15. The summed E-state index contributed by atoms with van der Waals surface area (Å²) in [6.45, 7) is 9.04. The van der Waals surface area contributed by atoms with E-state index in [2.05, 4.69) is 5.32 Å². The lowest BCUT2D eigenvalue weighted by Gasteiger charge is -2.19. The molecule has 23 heavy (non-hydrogen) atoms. The van der Waals surface area contributed by atoms with Crippen molar-refractivity contribution in [3.05, 3.63) is 23.2 Å². The first-order valence-corrected chi connectivity index (χ1v) is 8.25. The van der Waals surface area contributed by atoms with Crippen LogP contribution in [0.4, 0.5) is 5.69 Å². The van der Waals surface area contributed by atoms with Crippen LogP contribution >= 0.6 is 11.6 Å². The first-order valence-electron chi connectivity index (χ1n) is 7.87. The highest BCUT2D eigenvalue weighted by Gasteiger charge is 2.12. The number of halogens is 1. The topological polar surface area (TPSA) is 58.6 Å². The van der Waals surface area contributed by atoms with Crippen molar-refractivity contribution in [1.82, 2.24) is 4.90 Å². The molecule has 1 rings (SSSR count). The third kappa shape index (κ3) is 6.48. The Kier molecular flexibility index (Phi) is 7.89. The number of ether oxygens (including phenoxy) is 1. The van der Waals surface area contributed by atoms with Crippen LogP contribution in [0.1, 0.15) is 34.1 Å². The number of nitrogens with one attached hydrogen (secondary N) is 1. The summed E-state index contributed by atoms with van der Waals surface area (Å²) in [6.07, 6.45) is 0.453. The van der Waals surface area contributed by atoms with Gasteiger partial charge in [-0.3, -0.25) is 9.59 Å². The zero-order chi connectivity index (χ0) is 17.4. The van der Waals surface area contributed by atoms with Gasteiger partial charge >= 0.3 is 0 Å². The number of hydrogen-bond acceptors (Lipinski definition) is 3. The van der Waals surface area contributed by atoms with Gasteiger partial charge in [-0.05, 0) is 38.0 Å². The van der Waals surface area contributed by atoms with E-state index in [1.807, 2.05) is 27.7 Å². The van der Waals surface area contributed by atoms with Crippen LogP contribution in [-0.2, 0) is 9.59 Å². The molecule has 0 fully saturated rings. The number of benzene rings is 1. The van der Waals surface area contributed by atoms with Crippen LogP contribution in [-0.4, -0.2) is 36.4 Å². The molecule has 0 radical (unpaired) electrons. The van der Waals surface area contributed by atoms with E-state index in [1.165, 1.54) is 0 Å². The fourth-order valence-corrected chi connectivity index (χ4v) is 2.32. The standard InChI is InChI=1S/C17H25ClN2O3/c1-5-20(6-2)17(22)11-23-15-8-7-13(10-14(15)18)19-16(21)9-12(3)4/h7-8,10,12H,5-6,9,11H2,1-4H3,(H,19,21). The van der Waals surface area contributed by atoms with Gasteiger partial charge in [0.25, 0.3) is 5.91 Å². The number of anilines is 1. The van der Waals surface area contributed by atoms with Gasteiger partial charge in [0.1, 0.15) is 5.75 Å². The van der Waals surface area contributed by atoms with Crippen LogP contribution in [0.3, 0.4) is 0 Å². The molecule has 128 valence electrons. The molecule has 0 saturated carbocycles. The fraction of sp³-hybridized carbons (Fsp3) is 0.529. The molecule has 1 aromatic rings. The second kappa shape index (κ2) is 9.40. The minimum atomic E-state index is -0.0830. The van der Waals surface area contributed by atoms with E-state index in [9.17, 15) is 9.59 Å². The van der Waals surface area contributed by atoms with Crippen LogP contribution < -0.4 is 10.1 Å². The molecule has 6 heteroatoms. The smallest absolute Gasteiger partial charge is 0.260 e. The second-order valence-electron chi connectivity index (χ2n) is 5.65. The molecule has 0 aromatic heterocycles. The number of likely N-dealkylation sites (N-methyl/N-ethyl adjacent to an activating group) is 1. The maximum Gasteiger partial charge on any atom is 0.260 e. The Labute approximate surface area is 142 Å². The lowest BCUT2D eigenvalue weighted by atomic mass is 10.1. The van der Waals surface area contributed by atoms with Crippen LogP contribution in [0, 0.1) is 5.92 Å². The summed E-state index contributed by atoms with van der Waals surface area (Å²) in [5, 5.41) is 3.15. The van der Waals surface area contributed by atoms with E-state index >= 15 is 0 Å². The monoisotopic (exact) mass is 340 g/mol.